The average molecular weight is 499 g/mol. The van der Waals surface area contributed by atoms with Crippen molar-refractivity contribution < 1.29 is 4.52 Å². The van der Waals surface area contributed by atoms with Crippen LogP contribution in [0.3, 0.4) is 0 Å². The summed E-state index contributed by atoms with van der Waals surface area (Å²) in [5.41, 5.74) is 3.57. The van der Waals surface area contributed by atoms with Crippen LogP contribution >= 0.6 is 11.6 Å². The zero-order valence-electron chi connectivity index (χ0n) is 19.8. The van der Waals surface area contributed by atoms with Gasteiger partial charge in [0.25, 0.3) is 5.56 Å². The van der Waals surface area contributed by atoms with Crippen molar-refractivity contribution in [1.29, 1.82) is 0 Å². The minimum atomic E-state index is -0.159. The van der Waals surface area contributed by atoms with E-state index in [1.165, 1.54) is 5.56 Å². The zero-order valence-corrected chi connectivity index (χ0v) is 20.5. The number of rotatable bonds is 6. The fourth-order valence-corrected chi connectivity index (χ4v) is 4.88. The molecular weight excluding hydrogens is 476 g/mol. The monoisotopic (exact) mass is 498 g/mol. The van der Waals surface area contributed by atoms with E-state index in [1.807, 2.05) is 19.1 Å². The Morgan fingerprint density at radius 3 is 2.67 bits per heavy atom. The Balaban J connectivity index is 1.33. The maximum Gasteiger partial charge on any atom is 0.260 e. The molecule has 3 heterocycles. The predicted molar refractivity (Wildman–Crippen MR) is 139 cm³/mol. The topological polar surface area (TPSA) is 98.7 Å². The van der Waals surface area contributed by atoms with E-state index >= 15 is 0 Å². The highest BCUT2D eigenvalue weighted by molar-refractivity contribution is 6.33. The molecule has 8 nitrogen and oxygen atoms in total. The number of halogens is 1. The van der Waals surface area contributed by atoms with Crippen molar-refractivity contribution in [2.75, 3.05) is 5.32 Å². The number of anilines is 1. The third-order valence-electron chi connectivity index (χ3n) is 6.52. The van der Waals surface area contributed by atoms with Crippen LogP contribution in [0, 0.1) is 6.92 Å². The van der Waals surface area contributed by atoms with Crippen molar-refractivity contribution in [3.8, 4) is 22.5 Å². The lowest BCUT2D eigenvalue weighted by molar-refractivity contribution is 0.394. The molecule has 1 saturated carbocycles. The maximum absolute atomic E-state index is 13.5. The molecular formula is C27H23ClN6O2. The van der Waals surface area contributed by atoms with Gasteiger partial charge in [-0.25, -0.2) is 4.98 Å². The summed E-state index contributed by atoms with van der Waals surface area (Å²) in [5.74, 6) is 1.89. The number of nitrogens with one attached hydrogen (secondary N) is 1. The second-order valence-corrected chi connectivity index (χ2v) is 9.32. The zero-order chi connectivity index (χ0) is 24.8. The Morgan fingerprint density at radius 1 is 1.11 bits per heavy atom. The summed E-state index contributed by atoms with van der Waals surface area (Å²) in [6.45, 7) is 4.12. The third kappa shape index (κ3) is 4.03. The van der Waals surface area contributed by atoms with E-state index < -0.39 is 0 Å². The van der Waals surface area contributed by atoms with Crippen molar-refractivity contribution >= 4 is 28.6 Å². The van der Waals surface area contributed by atoms with E-state index in [9.17, 15) is 4.79 Å². The van der Waals surface area contributed by atoms with Gasteiger partial charge in [0.05, 0.1) is 0 Å². The lowest BCUT2D eigenvalue weighted by Crippen LogP contribution is -2.22. The van der Waals surface area contributed by atoms with Gasteiger partial charge in [-0.15, -0.1) is 0 Å². The Bertz CT molecular complexity index is 1650. The number of hydrogen-bond acceptors (Lipinski definition) is 7. The van der Waals surface area contributed by atoms with Crippen LogP contribution in [-0.4, -0.2) is 30.7 Å². The van der Waals surface area contributed by atoms with Crippen molar-refractivity contribution in [2.24, 2.45) is 0 Å². The Hall–Kier alpha value is -4.04. The first-order chi connectivity index (χ1) is 17.5. The second-order valence-electron chi connectivity index (χ2n) is 8.92. The standard InChI is InChI=1S/C27H23ClN6O2/c1-3-34-25-18(14-29-27(32-25)31-23-13-20(23)16-7-5-4-6-8-16)11-21(26(34)35)19-10-9-17(12-22(19)28)24-30-15(2)36-33-24/h4-12,14,20,23H,3,13H2,1-2H3,(H,29,31,32). The third-order valence-corrected chi connectivity index (χ3v) is 6.83. The summed E-state index contributed by atoms with van der Waals surface area (Å²) in [6.07, 6.45) is 2.78. The summed E-state index contributed by atoms with van der Waals surface area (Å²) < 4.78 is 6.72. The molecule has 2 unspecified atom stereocenters. The molecule has 6 rings (SSSR count). The van der Waals surface area contributed by atoms with E-state index in [-0.39, 0.29) is 11.6 Å². The number of aryl methyl sites for hydroxylation is 2. The maximum atomic E-state index is 13.5. The van der Waals surface area contributed by atoms with Gasteiger partial charge in [0.2, 0.25) is 17.7 Å². The van der Waals surface area contributed by atoms with Crippen molar-refractivity contribution in [3.63, 3.8) is 0 Å². The molecule has 0 saturated heterocycles. The molecule has 2 atom stereocenters. The molecule has 1 aliphatic carbocycles. The van der Waals surface area contributed by atoms with E-state index in [0.29, 0.717) is 57.5 Å². The highest BCUT2D eigenvalue weighted by Crippen LogP contribution is 2.42. The molecule has 0 amide bonds. The number of benzene rings is 2. The molecule has 0 spiro atoms. The molecule has 180 valence electrons. The van der Waals surface area contributed by atoms with Crippen molar-refractivity contribution in [2.45, 2.75) is 38.8 Å². The largest absolute Gasteiger partial charge is 0.351 e. The van der Waals surface area contributed by atoms with Gasteiger partial charge in [-0.1, -0.05) is 59.2 Å². The van der Waals surface area contributed by atoms with Gasteiger partial charge in [0, 0.05) is 58.7 Å². The van der Waals surface area contributed by atoms with E-state index in [1.54, 1.807) is 35.9 Å². The fourth-order valence-electron chi connectivity index (χ4n) is 4.59. The van der Waals surface area contributed by atoms with Crippen molar-refractivity contribution in [1.82, 2.24) is 24.7 Å². The van der Waals surface area contributed by atoms with Crippen LogP contribution in [0.1, 0.15) is 30.7 Å². The summed E-state index contributed by atoms with van der Waals surface area (Å²) >= 11 is 6.62. The minimum Gasteiger partial charge on any atom is -0.351 e. The van der Waals surface area contributed by atoms with Crippen LogP contribution in [0.4, 0.5) is 5.95 Å². The van der Waals surface area contributed by atoms with Gasteiger partial charge in [-0.2, -0.15) is 9.97 Å². The van der Waals surface area contributed by atoms with Crippen LogP contribution in [0.25, 0.3) is 33.5 Å². The number of hydrogen-bond donors (Lipinski definition) is 1. The Morgan fingerprint density at radius 2 is 1.94 bits per heavy atom. The molecule has 2 aromatic carbocycles. The van der Waals surface area contributed by atoms with Crippen LogP contribution in [-0.2, 0) is 6.54 Å². The molecule has 1 aliphatic rings. The summed E-state index contributed by atoms with van der Waals surface area (Å²) in [4.78, 5) is 27.0. The van der Waals surface area contributed by atoms with Gasteiger partial charge in [-0.05, 0) is 31.0 Å². The first kappa shape index (κ1) is 22.4. The van der Waals surface area contributed by atoms with Crippen molar-refractivity contribution in [3.05, 3.63) is 87.6 Å². The lowest BCUT2D eigenvalue weighted by Gasteiger charge is -2.13. The van der Waals surface area contributed by atoms with Gasteiger partial charge < -0.3 is 9.84 Å². The molecule has 0 bridgehead atoms. The summed E-state index contributed by atoms with van der Waals surface area (Å²) in [6, 6.07) is 17.9. The average Bonchev–Trinajstić information content (AvgIpc) is 3.52. The van der Waals surface area contributed by atoms with Crippen LogP contribution in [0.5, 0.6) is 0 Å². The molecule has 3 aromatic heterocycles. The van der Waals surface area contributed by atoms with Gasteiger partial charge in [-0.3, -0.25) is 9.36 Å². The smallest absolute Gasteiger partial charge is 0.260 e. The molecule has 5 aromatic rings. The first-order valence-corrected chi connectivity index (χ1v) is 12.2. The lowest BCUT2D eigenvalue weighted by atomic mass is 10.0. The normalized spacial score (nSPS) is 16.9. The fraction of sp³-hybridized carbons (Fsp3) is 0.222. The Kier molecular flexibility index (Phi) is 5.53. The SMILES string of the molecule is CCn1c(=O)c(-c2ccc(-c3noc(C)n3)cc2Cl)cc2cnc(NC3CC3c3ccccc3)nc21. The Labute approximate surface area is 212 Å². The quantitative estimate of drug-likeness (QED) is 0.332. The second kappa shape index (κ2) is 8.87. The molecule has 36 heavy (non-hydrogen) atoms. The number of pyridine rings is 1. The molecule has 0 aliphatic heterocycles. The highest BCUT2D eigenvalue weighted by Gasteiger charge is 2.38. The highest BCUT2D eigenvalue weighted by atomic mass is 35.5. The van der Waals surface area contributed by atoms with E-state index in [0.717, 1.165) is 11.8 Å². The van der Waals surface area contributed by atoms with Crippen LogP contribution < -0.4 is 10.9 Å². The van der Waals surface area contributed by atoms with Gasteiger partial charge >= 0.3 is 0 Å². The van der Waals surface area contributed by atoms with Gasteiger partial charge in [0.1, 0.15) is 5.65 Å². The van der Waals surface area contributed by atoms with Crippen LogP contribution in [0.15, 0.2) is 70.1 Å². The number of fused-ring (bicyclic) bond motifs is 1. The molecule has 9 heteroatoms. The number of nitrogens with zero attached hydrogens (tertiary/aromatic N) is 5. The molecule has 1 fully saturated rings. The predicted octanol–water partition coefficient (Wildman–Crippen LogP) is 5.46. The van der Waals surface area contributed by atoms with Gasteiger partial charge in [0.15, 0.2) is 0 Å². The van der Waals surface area contributed by atoms with E-state index in [2.05, 4.69) is 44.7 Å². The van der Waals surface area contributed by atoms with Crippen LogP contribution in [0.2, 0.25) is 5.02 Å². The minimum absolute atomic E-state index is 0.159. The molecule has 0 radical (unpaired) electrons. The number of aromatic nitrogens is 5. The summed E-state index contributed by atoms with van der Waals surface area (Å²) in [5, 5.41) is 8.56. The molecule has 1 N–H and O–H groups in total. The first-order valence-electron chi connectivity index (χ1n) is 11.8. The summed E-state index contributed by atoms with van der Waals surface area (Å²) in [7, 11) is 0. The van der Waals surface area contributed by atoms with E-state index in [4.69, 9.17) is 21.1 Å².